The number of fused-ring (bicyclic) bond motifs is 3. The van der Waals surface area contributed by atoms with E-state index < -0.39 is 24.0 Å². The maximum absolute atomic E-state index is 12.5. The largest absolute Gasteiger partial charge is 0.481 e. The summed E-state index contributed by atoms with van der Waals surface area (Å²) < 4.78 is 5.60. The van der Waals surface area contributed by atoms with Crippen molar-refractivity contribution in [3.05, 3.63) is 59.7 Å². The fourth-order valence-electron chi connectivity index (χ4n) is 4.84. The summed E-state index contributed by atoms with van der Waals surface area (Å²) in [5.74, 6) is -2.00. The van der Waals surface area contributed by atoms with Gasteiger partial charge in [0, 0.05) is 23.9 Å². The standard InChI is InChI=1S/C26H30N2O5/c1-15(25(30)31)16(2)27-24(29)17-11-12-18(13-17)28-26(32)33-14-23-21-9-5-3-7-19(21)20-8-4-6-10-22(20)23/h3-10,15-18,23H,11-14H2,1-2H3,(H,27,29)(H,28,32)(H,30,31)/t15?,16?,17-,18+/m0/s1. The summed E-state index contributed by atoms with van der Waals surface area (Å²) in [7, 11) is 0. The third-order valence-electron chi connectivity index (χ3n) is 6.98. The fraction of sp³-hybridized carbons (Fsp3) is 0.423. The number of hydrogen-bond acceptors (Lipinski definition) is 4. The van der Waals surface area contributed by atoms with Gasteiger partial charge in [-0.3, -0.25) is 9.59 Å². The van der Waals surface area contributed by atoms with Crippen molar-refractivity contribution in [3.8, 4) is 11.1 Å². The minimum atomic E-state index is -0.941. The highest BCUT2D eigenvalue weighted by molar-refractivity contribution is 5.81. The molecular weight excluding hydrogens is 420 g/mol. The third kappa shape index (κ3) is 4.87. The SMILES string of the molecule is CC(NC(=O)[C@H]1CC[C@@H](NC(=O)OCC2c3ccccc3-c3ccccc32)C1)C(C)C(=O)O. The van der Waals surface area contributed by atoms with Crippen LogP contribution in [0, 0.1) is 11.8 Å². The highest BCUT2D eigenvalue weighted by atomic mass is 16.5. The number of nitrogens with one attached hydrogen (secondary N) is 2. The highest BCUT2D eigenvalue weighted by Gasteiger charge is 2.33. The number of carbonyl (C=O) groups excluding carboxylic acids is 2. The van der Waals surface area contributed by atoms with E-state index in [1.54, 1.807) is 13.8 Å². The van der Waals surface area contributed by atoms with Crippen molar-refractivity contribution in [2.45, 2.75) is 51.1 Å². The molecule has 1 fully saturated rings. The molecule has 0 saturated heterocycles. The molecule has 7 heteroatoms. The van der Waals surface area contributed by atoms with Crippen LogP contribution in [-0.4, -0.2) is 41.8 Å². The lowest BCUT2D eigenvalue weighted by Crippen LogP contribution is -2.43. The molecule has 2 amide bonds. The van der Waals surface area contributed by atoms with Crippen molar-refractivity contribution < 1.29 is 24.2 Å². The van der Waals surface area contributed by atoms with Crippen LogP contribution in [-0.2, 0) is 14.3 Å². The van der Waals surface area contributed by atoms with Crippen molar-refractivity contribution >= 4 is 18.0 Å². The van der Waals surface area contributed by atoms with Gasteiger partial charge in [-0.2, -0.15) is 0 Å². The Hall–Kier alpha value is -3.35. The van der Waals surface area contributed by atoms with E-state index in [9.17, 15) is 14.4 Å². The number of rotatable bonds is 7. The fourth-order valence-corrected chi connectivity index (χ4v) is 4.84. The van der Waals surface area contributed by atoms with Crippen LogP contribution < -0.4 is 10.6 Å². The minimum absolute atomic E-state index is 0.00275. The Labute approximate surface area is 193 Å². The lowest BCUT2D eigenvalue weighted by molar-refractivity contribution is -0.142. The first-order valence-corrected chi connectivity index (χ1v) is 11.5. The first-order valence-electron chi connectivity index (χ1n) is 11.5. The number of amides is 2. The zero-order valence-corrected chi connectivity index (χ0v) is 18.9. The van der Waals surface area contributed by atoms with Gasteiger partial charge in [0.05, 0.1) is 5.92 Å². The second-order valence-corrected chi connectivity index (χ2v) is 9.10. The van der Waals surface area contributed by atoms with Gasteiger partial charge in [-0.05, 0) is 55.4 Å². The second-order valence-electron chi connectivity index (χ2n) is 9.10. The summed E-state index contributed by atoms with van der Waals surface area (Å²) in [6, 6.07) is 15.8. The molecule has 0 radical (unpaired) electrons. The van der Waals surface area contributed by atoms with Crippen LogP contribution in [0.4, 0.5) is 4.79 Å². The van der Waals surface area contributed by atoms with Crippen molar-refractivity contribution in [1.29, 1.82) is 0 Å². The average Bonchev–Trinajstić information content (AvgIpc) is 3.40. The molecule has 0 spiro atoms. The summed E-state index contributed by atoms with van der Waals surface area (Å²) in [6.07, 6.45) is 1.37. The van der Waals surface area contributed by atoms with Crippen LogP contribution in [0.15, 0.2) is 48.5 Å². The van der Waals surface area contributed by atoms with Gasteiger partial charge >= 0.3 is 12.1 Å². The zero-order chi connectivity index (χ0) is 23.5. The zero-order valence-electron chi connectivity index (χ0n) is 18.9. The van der Waals surface area contributed by atoms with E-state index in [4.69, 9.17) is 9.84 Å². The van der Waals surface area contributed by atoms with Crippen molar-refractivity contribution in [1.82, 2.24) is 10.6 Å². The quantitative estimate of drug-likeness (QED) is 0.593. The van der Waals surface area contributed by atoms with Gasteiger partial charge in [-0.1, -0.05) is 48.5 Å². The van der Waals surface area contributed by atoms with Crippen LogP contribution in [0.2, 0.25) is 0 Å². The highest BCUT2D eigenvalue weighted by Crippen LogP contribution is 2.44. The van der Waals surface area contributed by atoms with Crippen molar-refractivity contribution in [3.63, 3.8) is 0 Å². The number of alkyl carbamates (subject to hydrolysis) is 1. The van der Waals surface area contributed by atoms with E-state index in [1.165, 1.54) is 11.1 Å². The molecule has 0 bridgehead atoms. The molecule has 4 atom stereocenters. The number of aliphatic carboxylic acids is 1. The van der Waals surface area contributed by atoms with E-state index in [0.29, 0.717) is 19.3 Å². The number of carbonyl (C=O) groups is 3. The van der Waals surface area contributed by atoms with Crippen LogP contribution in [0.25, 0.3) is 11.1 Å². The van der Waals surface area contributed by atoms with Crippen LogP contribution in [0.5, 0.6) is 0 Å². The van der Waals surface area contributed by atoms with E-state index >= 15 is 0 Å². The molecule has 174 valence electrons. The van der Waals surface area contributed by atoms with Crippen LogP contribution in [0.1, 0.15) is 50.2 Å². The number of carboxylic acids is 1. The molecule has 2 aliphatic rings. The first kappa shape index (κ1) is 22.8. The van der Waals surface area contributed by atoms with Crippen molar-refractivity contribution in [2.24, 2.45) is 11.8 Å². The predicted molar refractivity (Wildman–Crippen MR) is 124 cm³/mol. The Bertz CT molecular complexity index is 1010. The van der Waals surface area contributed by atoms with Crippen LogP contribution in [0.3, 0.4) is 0 Å². The topological polar surface area (TPSA) is 105 Å². The smallest absolute Gasteiger partial charge is 0.407 e. The minimum Gasteiger partial charge on any atom is -0.481 e. The Morgan fingerprint density at radius 1 is 1.00 bits per heavy atom. The van der Waals surface area contributed by atoms with E-state index in [-0.39, 0.29) is 30.4 Å². The molecule has 2 aromatic carbocycles. The first-order chi connectivity index (χ1) is 15.8. The lowest BCUT2D eigenvalue weighted by atomic mass is 9.98. The molecule has 33 heavy (non-hydrogen) atoms. The normalized spacial score (nSPS) is 20.9. The van der Waals surface area contributed by atoms with E-state index in [0.717, 1.165) is 11.1 Å². The van der Waals surface area contributed by atoms with Crippen LogP contribution >= 0.6 is 0 Å². The molecule has 0 aliphatic heterocycles. The van der Waals surface area contributed by atoms with Gasteiger partial charge in [0.15, 0.2) is 0 Å². The Balaban J connectivity index is 1.28. The maximum Gasteiger partial charge on any atom is 0.407 e. The Kier molecular flexibility index (Phi) is 6.67. The van der Waals surface area contributed by atoms with Gasteiger partial charge in [0.25, 0.3) is 0 Å². The number of carboxylic acid groups (broad SMARTS) is 1. The van der Waals surface area contributed by atoms with Gasteiger partial charge in [0.1, 0.15) is 6.61 Å². The molecule has 2 aliphatic carbocycles. The van der Waals surface area contributed by atoms with E-state index in [1.807, 2.05) is 24.3 Å². The van der Waals surface area contributed by atoms with Gasteiger partial charge in [-0.15, -0.1) is 0 Å². The van der Waals surface area contributed by atoms with Gasteiger partial charge in [0.2, 0.25) is 5.91 Å². The summed E-state index contributed by atoms with van der Waals surface area (Å²) in [4.78, 5) is 36.1. The maximum atomic E-state index is 12.5. The molecule has 4 rings (SSSR count). The van der Waals surface area contributed by atoms with Gasteiger partial charge in [-0.25, -0.2) is 4.79 Å². The number of ether oxygens (including phenoxy) is 1. The number of benzene rings is 2. The van der Waals surface area contributed by atoms with E-state index in [2.05, 4.69) is 34.9 Å². The molecule has 1 saturated carbocycles. The molecule has 0 heterocycles. The summed E-state index contributed by atoms with van der Waals surface area (Å²) >= 11 is 0. The predicted octanol–water partition coefficient (Wildman–Crippen LogP) is 3.92. The molecule has 7 nitrogen and oxygen atoms in total. The summed E-state index contributed by atoms with van der Waals surface area (Å²) in [5.41, 5.74) is 4.68. The average molecular weight is 451 g/mol. The second kappa shape index (κ2) is 9.65. The molecular formula is C26H30N2O5. The molecule has 3 N–H and O–H groups in total. The molecule has 2 aromatic rings. The molecule has 2 unspecified atom stereocenters. The lowest BCUT2D eigenvalue weighted by Gasteiger charge is -2.20. The summed E-state index contributed by atoms with van der Waals surface area (Å²) in [6.45, 7) is 3.52. The monoisotopic (exact) mass is 450 g/mol. The molecule has 0 aromatic heterocycles. The summed E-state index contributed by atoms with van der Waals surface area (Å²) in [5, 5.41) is 14.8. The third-order valence-corrected chi connectivity index (χ3v) is 6.98. The Morgan fingerprint density at radius 3 is 2.21 bits per heavy atom. The number of hydrogen-bond donors (Lipinski definition) is 3. The Morgan fingerprint density at radius 2 is 1.61 bits per heavy atom. The van der Waals surface area contributed by atoms with Gasteiger partial charge < -0.3 is 20.5 Å². The van der Waals surface area contributed by atoms with Crippen molar-refractivity contribution in [2.75, 3.05) is 6.61 Å².